The standard InChI is InChI=1S/C68H84O5S4.C22H20O6S4.C18H29O.BrH.Mg/c1-7-9-11-13-15-17-19-21-23-25-45-72-56-39-35-54(36-40-56)67(69,52-31-27-49(3)28-32-52)59-63(61-51(5)43-47-74-61)76-66-60(64(77-65(59)66)62-58(71-6)44-48-75-62)68(70,53-33-29-50(4)30-34-53)55-37-41-57(42-38-55)73-46-26-24-22-20-18-16-14-12-10-8-2;1-5-27-21(23)13-17(15-11(25-3)7-9-29-15)31-20-14(22(24)28-6-2)18(32-19(13)20)16-12(26-4)8-10-30-16;1-2-3-4-5-6-7-8-9-10-14-17-19-18-15-12-11-13-16-18;;/h27-44,47-48,69-70H,7-26,45-46H2,1-6H3;7-10H,5-6H2,1-4H3;12-13,15-16H,2-10,14,17H2,1H3;1H;/q;;-1;;+2/p-1. The maximum absolute atomic E-state index is 14.2. The van der Waals surface area contributed by atoms with Crippen LogP contribution in [0.15, 0.2) is 167 Å². The number of hydrogen-bond acceptors (Lipinski definition) is 20. The van der Waals surface area contributed by atoms with Gasteiger partial charge in [0.15, 0.2) is 0 Å². The van der Waals surface area contributed by atoms with Crippen molar-refractivity contribution in [3.05, 3.63) is 234 Å². The molecule has 0 aliphatic heterocycles. The number of aryl methyl sites for hydroxylation is 3. The Morgan fingerprint density at radius 2 is 0.592 bits per heavy atom. The minimum absolute atomic E-state index is 0. The van der Waals surface area contributed by atoms with E-state index >= 15 is 0 Å². The first-order valence-corrected chi connectivity index (χ1v) is 53.5. The summed E-state index contributed by atoms with van der Waals surface area (Å²) in [5.74, 6) is 3.79. The van der Waals surface area contributed by atoms with Crippen LogP contribution in [0.2, 0.25) is 0 Å². The molecule has 0 aliphatic rings. The molecule has 0 fully saturated rings. The molecule has 0 spiro atoms. The van der Waals surface area contributed by atoms with Crippen molar-refractivity contribution in [3.8, 4) is 73.5 Å². The van der Waals surface area contributed by atoms with Gasteiger partial charge in [0, 0.05) is 21.8 Å². The molecule has 0 aliphatic carbocycles. The molecule has 22 heteroatoms. The number of methoxy groups -OCH3 is 3. The number of aliphatic hydroxyl groups is 2. The second kappa shape index (κ2) is 56.5. The number of benzene rings is 5. The van der Waals surface area contributed by atoms with Gasteiger partial charge in [-0.1, -0.05) is 278 Å². The Bertz CT molecular complexity index is 5320. The fraction of sp³-hybridized carbons (Fsp3) is 0.444. The summed E-state index contributed by atoms with van der Waals surface area (Å²) in [6.07, 6.45) is 39.2. The Morgan fingerprint density at radius 3 is 0.892 bits per heavy atom. The van der Waals surface area contributed by atoms with Crippen LogP contribution in [-0.4, -0.2) is 99.6 Å². The minimum Gasteiger partial charge on any atom is -1.00 e. The second-order valence-corrected chi connectivity index (χ2v) is 40.6. The third-order valence-corrected chi connectivity index (χ3v) is 32.9. The number of fused-ring (bicyclic) bond motifs is 2. The average Bonchev–Trinajstić information content (AvgIpc) is 1.53. The topological polar surface area (TPSA) is 148 Å². The van der Waals surface area contributed by atoms with Gasteiger partial charge in [-0.05, 0) is 152 Å². The summed E-state index contributed by atoms with van der Waals surface area (Å²) in [7, 11) is 4.90. The Hall–Kier alpha value is -6.87. The molecule has 2 atom stereocenters. The fourth-order valence-electron chi connectivity index (χ4n) is 16.3. The molecule has 2 unspecified atom stereocenters. The first kappa shape index (κ1) is 107. The minimum atomic E-state index is -1.63. The normalized spacial score (nSPS) is 12.1. The van der Waals surface area contributed by atoms with E-state index in [1.807, 2.05) is 102 Å². The van der Waals surface area contributed by atoms with Crippen molar-refractivity contribution >= 4 is 144 Å². The van der Waals surface area contributed by atoms with Crippen LogP contribution in [0.1, 0.15) is 298 Å². The molecule has 5 aromatic carbocycles. The quantitative estimate of drug-likeness (QED) is 0.0162. The third-order valence-electron chi connectivity index (χ3n) is 23.4. The Morgan fingerprint density at radius 1 is 0.323 bits per heavy atom. The van der Waals surface area contributed by atoms with Crippen LogP contribution < -0.4 is 45.4 Å². The summed E-state index contributed by atoms with van der Waals surface area (Å²) in [4.78, 5) is 33.2. The molecule has 12 nitrogen and oxygen atoms in total. The van der Waals surface area contributed by atoms with Gasteiger partial charge < -0.3 is 65.1 Å². The number of ether oxygens (including phenoxy) is 8. The zero-order valence-corrected chi connectivity index (χ0v) is 87.8. The zero-order valence-electron chi connectivity index (χ0n) is 78.2. The number of hydrogen-bond donors (Lipinski definition) is 2. The first-order chi connectivity index (χ1) is 62.6. The Balaban J connectivity index is 0.000000292. The maximum Gasteiger partial charge on any atom is 2.00 e. The molecular weight excluding hydrogens is 1850 g/mol. The fourth-order valence-corrected chi connectivity index (χ4v) is 26.4. The molecule has 13 aromatic rings. The van der Waals surface area contributed by atoms with Crippen molar-refractivity contribution in [2.45, 2.75) is 259 Å². The van der Waals surface area contributed by atoms with Gasteiger partial charge >= 0.3 is 35.0 Å². The number of carbonyl (C=O) groups is 2. The van der Waals surface area contributed by atoms with E-state index in [4.69, 9.17) is 37.9 Å². The molecule has 694 valence electrons. The van der Waals surface area contributed by atoms with Gasteiger partial charge in [-0.25, -0.2) is 9.59 Å². The Labute approximate surface area is 832 Å². The van der Waals surface area contributed by atoms with Crippen molar-refractivity contribution in [1.82, 2.24) is 0 Å². The summed E-state index contributed by atoms with van der Waals surface area (Å²) < 4.78 is 49.6. The van der Waals surface area contributed by atoms with Crippen molar-refractivity contribution in [2.75, 3.05) is 54.4 Å². The summed E-state index contributed by atoms with van der Waals surface area (Å²) in [5, 5.41) is 36.5. The van der Waals surface area contributed by atoms with Gasteiger partial charge in [0.1, 0.15) is 39.9 Å². The number of halogens is 1. The first-order valence-electron chi connectivity index (χ1n) is 46.7. The molecule has 2 N–H and O–H groups in total. The zero-order chi connectivity index (χ0) is 90.5. The molecule has 0 radical (unpaired) electrons. The van der Waals surface area contributed by atoms with E-state index in [-0.39, 0.29) is 53.2 Å². The second-order valence-electron chi connectivity index (χ2n) is 32.9. The molecule has 13 rings (SSSR count). The predicted molar refractivity (Wildman–Crippen MR) is 551 cm³/mol. The van der Waals surface area contributed by atoms with Crippen molar-refractivity contribution in [2.24, 2.45) is 0 Å². The van der Waals surface area contributed by atoms with Crippen LogP contribution in [-0.2, 0) is 20.7 Å². The van der Waals surface area contributed by atoms with Crippen LogP contribution in [0.5, 0.6) is 34.5 Å². The molecule has 130 heavy (non-hydrogen) atoms. The van der Waals surface area contributed by atoms with Crippen LogP contribution in [0.25, 0.3) is 57.8 Å². The van der Waals surface area contributed by atoms with Gasteiger partial charge in [0.25, 0.3) is 0 Å². The van der Waals surface area contributed by atoms with Gasteiger partial charge in [-0.3, -0.25) is 0 Å². The predicted octanol–water partition coefficient (Wildman–Crippen LogP) is 29.7. The molecular formula is C108H133BrMgO12S8. The monoisotopic (exact) mass is 1980 g/mol. The molecule has 8 aromatic heterocycles. The van der Waals surface area contributed by atoms with Gasteiger partial charge in [0.2, 0.25) is 0 Å². The number of unbranched alkanes of at least 4 members (excludes halogenated alkanes) is 27. The largest absolute Gasteiger partial charge is 2.00 e. The molecule has 0 saturated heterocycles. The van der Waals surface area contributed by atoms with E-state index in [0.29, 0.717) is 45.2 Å². The molecule has 0 saturated carbocycles. The summed E-state index contributed by atoms with van der Waals surface area (Å²) in [6.45, 7) is 19.4. The van der Waals surface area contributed by atoms with Crippen LogP contribution >= 0.6 is 90.7 Å². The van der Waals surface area contributed by atoms with Gasteiger partial charge in [-0.2, -0.15) is 18.2 Å². The van der Waals surface area contributed by atoms with Crippen LogP contribution in [0, 0.1) is 26.8 Å². The molecule has 0 amide bonds. The average molecular weight is 1980 g/mol. The van der Waals surface area contributed by atoms with E-state index in [9.17, 15) is 19.8 Å². The van der Waals surface area contributed by atoms with Crippen molar-refractivity contribution < 1.29 is 74.7 Å². The molecule has 8 heterocycles. The van der Waals surface area contributed by atoms with E-state index in [2.05, 4.69) is 113 Å². The van der Waals surface area contributed by atoms with E-state index in [1.165, 1.54) is 219 Å². The summed E-state index contributed by atoms with van der Waals surface area (Å²) >= 11 is 12.3. The van der Waals surface area contributed by atoms with Crippen molar-refractivity contribution in [1.29, 1.82) is 0 Å². The van der Waals surface area contributed by atoms with E-state index in [0.717, 1.165) is 147 Å². The third kappa shape index (κ3) is 28.4. The maximum atomic E-state index is 14.2. The van der Waals surface area contributed by atoms with E-state index in [1.54, 1.807) is 80.5 Å². The van der Waals surface area contributed by atoms with E-state index < -0.39 is 23.1 Å². The number of thiophene rings is 8. The Kier molecular flexibility index (Phi) is 46.4. The number of carbonyl (C=O) groups excluding carboxylic acids is 2. The van der Waals surface area contributed by atoms with Crippen molar-refractivity contribution in [3.63, 3.8) is 0 Å². The number of rotatable bonds is 53. The molecule has 0 bridgehead atoms. The van der Waals surface area contributed by atoms with Gasteiger partial charge in [0.05, 0.1) is 118 Å². The van der Waals surface area contributed by atoms with Crippen LogP contribution in [0.4, 0.5) is 0 Å². The SMILES string of the molecule is CCCCCCCCCCCCOc1cc[c-]cc1.CCCCCCCCCCCCOc1ccc(C(O)(c2ccc(C)cc2)c2c(-c3sccc3C)sc3c(C(O)(c4ccc(C)cc4)c4ccc(OCCCCCCCCCCCC)cc4)c(-c4sccc4OC)sc23)cc1.CCOC(=O)c1c(-c2sccc2OC)sc2c(C(=O)OCC)c(-c3sccc3OC)sc12.[Br-].[Mg+2]. The summed E-state index contributed by atoms with van der Waals surface area (Å²) in [5.41, 5.74) is 5.59. The van der Waals surface area contributed by atoms with Gasteiger partial charge in [-0.15, -0.1) is 103 Å². The summed E-state index contributed by atoms with van der Waals surface area (Å²) in [6, 6.07) is 51.5. The number of esters is 2. The smallest absolute Gasteiger partial charge is 1.00 e. The van der Waals surface area contributed by atoms with Crippen LogP contribution in [0.3, 0.4) is 0 Å².